The maximum atomic E-state index is 2.44. The molecule has 1 aromatic heterocycles. The Kier molecular flexibility index (Phi) is 6.98. The summed E-state index contributed by atoms with van der Waals surface area (Å²) in [5.41, 5.74) is 15.5. The van der Waals surface area contributed by atoms with E-state index in [0.717, 1.165) is 0 Å². The Morgan fingerprint density at radius 2 is 0.627 bits per heavy atom. The summed E-state index contributed by atoms with van der Waals surface area (Å²) < 4.78 is 2.67. The second-order valence-electron chi connectivity index (χ2n) is 15.8. The van der Waals surface area contributed by atoms with Crippen LogP contribution in [0.1, 0.15) is 0 Å². The first-order valence-electron chi connectivity index (χ1n) is 20.4. The van der Waals surface area contributed by atoms with Crippen LogP contribution in [0.25, 0.3) is 130 Å². The Morgan fingerprint density at radius 3 is 1.25 bits per heavy atom. The third-order valence-electron chi connectivity index (χ3n) is 12.8. The molecule has 0 bridgehead atoms. The van der Waals surface area contributed by atoms with Gasteiger partial charge in [0.2, 0.25) is 0 Å². The van der Waals surface area contributed by atoms with E-state index in [-0.39, 0.29) is 0 Å². The van der Waals surface area contributed by atoms with E-state index >= 15 is 0 Å². The molecule has 13 rings (SSSR count). The SMILES string of the molecule is c1ccc(-c2cccc3c2sc2c(-c4ccc5c6c(cccc46)-c4c-5c(-c5cccc6ccccc56)c5ccccc5c4-c4cccc5ccccc45)cccc23)cc1. The zero-order valence-electron chi connectivity index (χ0n) is 32.0. The van der Waals surface area contributed by atoms with Gasteiger partial charge in [0.1, 0.15) is 0 Å². The fourth-order valence-corrected chi connectivity index (χ4v) is 11.7. The Hall–Kier alpha value is -7.32. The smallest absolute Gasteiger partial charge is 0.0434 e. The van der Waals surface area contributed by atoms with Crippen molar-refractivity contribution in [1.29, 1.82) is 0 Å². The van der Waals surface area contributed by atoms with Gasteiger partial charge in [0, 0.05) is 25.7 Å². The zero-order chi connectivity index (χ0) is 38.6. The highest BCUT2D eigenvalue weighted by Crippen LogP contribution is 2.60. The molecule has 272 valence electrons. The second-order valence-corrected chi connectivity index (χ2v) is 16.8. The maximum Gasteiger partial charge on any atom is 0.0434 e. The molecule has 0 aliphatic heterocycles. The molecule has 59 heavy (non-hydrogen) atoms. The fourth-order valence-electron chi connectivity index (χ4n) is 10.4. The minimum Gasteiger partial charge on any atom is -0.134 e. The standard InChI is InChI=1S/C58H34S/c1-2-15-37(16-3-1)40-25-12-30-48-49-31-14-29-47(58(49)59-57(40)48)41-33-34-51-52-44(41)28-13-32-50(52)55-53(42-26-10-19-35-17-4-6-21-38(35)42)45-23-8-9-24-46(45)54(56(51)55)43-27-11-20-36-18-5-7-22-39(36)43/h1-34H. The Balaban J connectivity index is 1.15. The molecule has 1 heteroatoms. The van der Waals surface area contributed by atoms with E-state index in [1.54, 1.807) is 0 Å². The van der Waals surface area contributed by atoms with E-state index in [1.165, 1.54) is 130 Å². The molecule has 1 heterocycles. The Bertz CT molecular complexity index is 3570. The van der Waals surface area contributed by atoms with Crippen molar-refractivity contribution in [3.8, 4) is 66.8 Å². The lowest BCUT2D eigenvalue weighted by Gasteiger charge is -2.22. The number of fused-ring (bicyclic) bond motifs is 9. The quantitative estimate of drug-likeness (QED) is 0.167. The van der Waals surface area contributed by atoms with Crippen molar-refractivity contribution >= 4 is 74.6 Å². The Labute approximate surface area is 345 Å². The van der Waals surface area contributed by atoms with Gasteiger partial charge in [0.25, 0.3) is 0 Å². The van der Waals surface area contributed by atoms with Gasteiger partial charge >= 0.3 is 0 Å². The van der Waals surface area contributed by atoms with E-state index in [9.17, 15) is 0 Å². The summed E-state index contributed by atoms with van der Waals surface area (Å²) in [6, 6.07) is 76.8. The van der Waals surface area contributed by atoms with Crippen LogP contribution >= 0.6 is 11.3 Å². The van der Waals surface area contributed by atoms with Crippen LogP contribution in [0.2, 0.25) is 0 Å². The fraction of sp³-hybridized carbons (Fsp3) is 0. The van der Waals surface area contributed by atoms with E-state index in [4.69, 9.17) is 0 Å². The third kappa shape index (κ3) is 4.65. The molecule has 12 aromatic rings. The molecule has 0 radical (unpaired) electrons. The van der Waals surface area contributed by atoms with Gasteiger partial charge in [-0.1, -0.05) is 206 Å². The van der Waals surface area contributed by atoms with Gasteiger partial charge in [-0.25, -0.2) is 0 Å². The highest BCUT2D eigenvalue weighted by Gasteiger charge is 2.32. The average Bonchev–Trinajstić information content (AvgIpc) is 3.85. The molecule has 0 spiro atoms. The summed E-state index contributed by atoms with van der Waals surface area (Å²) in [5, 5.41) is 12.9. The lowest BCUT2D eigenvalue weighted by atomic mass is 9.81. The van der Waals surface area contributed by atoms with Crippen LogP contribution in [0.5, 0.6) is 0 Å². The number of rotatable bonds is 4. The maximum absolute atomic E-state index is 2.44. The van der Waals surface area contributed by atoms with E-state index < -0.39 is 0 Å². The van der Waals surface area contributed by atoms with E-state index in [0.29, 0.717) is 0 Å². The van der Waals surface area contributed by atoms with Crippen LogP contribution in [0.3, 0.4) is 0 Å². The van der Waals surface area contributed by atoms with Gasteiger partial charge in [0.15, 0.2) is 0 Å². The van der Waals surface area contributed by atoms with Crippen LogP contribution in [0.15, 0.2) is 206 Å². The lowest BCUT2D eigenvalue weighted by molar-refractivity contribution is 1.65. The van der Waals surface area contributed by atoms with Crippen molar-refractivity contribution < 1.29 is 0 Å². The Morgan fingerprint density at radius 1 is 0.220 bits per heavy atom. The molecular weight excluding hydrogens is 729 g/mol. The minimum atomic E-state index is 1.25. The molecule has 11 aromatic carbocycles. The molecule has 1 aliphatic carbocycles. The molecule has 0 nitrogen and oxygen atoms in total. The first-order chi connectivity index (χ1) is 29.3. The number of thiophene rings is 1. The van der Waals surface area contributed by atoms with Crippen molar-refractivity contribution in [2.75, 3.05) is 0 Å². The molecule has 0 amide bonds. The van der Waals surface area contributed by atoms with Crippen molar-refractivity contribution in [2.24, 2.45) is 0 Å². The summed E-state index contributed by atoms with van der Waals surface area (Å²) in [6.07, 6.45) is 0. The van der Waals surface area contributed by atoms with Gasteiger partial charge in [-0.2, -0.15) is 0 Å². The number of hydrogen-bond donors (Lipinski definition) is 0. The van der Waals surface area contributed by atoms with E-state index in [1.807, 2.05) is 11.3 Å². The summed E-state index contributed by atoms with van der Waals surface area (Å²) in [6.45, 7) is 0. The molecule has 0 fully saturated rings. The monoisotopic (exact) mass is 762 g/mol. The average molecular weight is 763 g/mol. The van der Waals surface area contributed by atoms with Crippen molar-refractivity contribution in [3.05, 3.63) is 206 Å². The van der Waals surface area contributed by atoms with Crippen molar-refractivity contribution in [3.63, 3.8) is 0 Å². The largest absolute Gasteiger partial charge is 0.134 e. The first-order valence-corrected chi connectivity index (χ1v) is 21.2. The summed E-state index contributed by atoms with van der Waals surface area (Å²) in [7, 11) is 0. The predicted molar refractivity (Wildman–Crippen MR) is 256 cm³/mol. The van der Waals surface area contributed by atoms with Crippen LogP contribution in [-0.4, -0.2) is 0 Å². The van der Waals surface area contributed by atoms with Crippen LogP contribution in [-0.2, 0) is 0 Å². The molecular formula is C58H34S. The second kappa shape index (κ2) is 12.6. The number of hydrogen-bond acceptors (Lipinski definition) is 1. The van der Waals surface area contributed by atoms with Gasteiger partial charge in [0.05, 0.1) is 0 Å². The van der Waals surface area contributed by atoms with Crippen molar-refractivity contribution in [2.45, 2.75) is 0 Å². The summed E-state index contributed by atoms with van der Waals surface area (Å²) in [5.74, 6) is 0. The van der Waals surface area contributed by atoms with Crippen molar-refractivity contribution in [1.82, 2.24) is 0 Å². The molecule has 0 atom stereocenters. The van der Waals surface area contributed by atoms with Gasteiger partial charge in [-0.15, -0.1) is 11.3 Å². The third-order valence-corrected chi connectivity index (χ3v) is 14.1. The topological polar surface area (TPSA) is 0 Å². The van der Waals surface area contributed by atoms with Crippen LogP contribution in [0.4, 0.5) is 0 Å². The van der Waals surface area contributed by atoms with Crippen LogP contribution in [0, 0.1) is 0 Å². The predicted octanol–water partition coefficient (Wildman–Crippen LogP) is 17.0. The normalized spacial score (nSPS) is 12.1. The van der Waals surface area contributed by atoms with Gasteiger partial charge < -0.3 is 0 Å². The van der Waals surface area contributed by atoms with Gasteiger partial charge in [-0.3, -0.25) is 0 Å². The highest BCUT2D eigenvalue weighted by atomic mass is 32.1. The highest BCUT2D eigenvalue weighted by molar-refractivity contribution is 7.26. The van der Waals surface area contributed by atoms with E-state index in [2.05, 4.69) is 206 Å². The first kappa shape index (κ1) is 32.7. The number of benzene rings is 11. The zero-order valence-corrected chi connectivity index (χ0v) is 32.9. The molecule has 0 unspecified atom stereocenters. The van der Waals surface area contributed by atoms with Gasteiger partial charge in [-0.05, 0) is 104 Å². The minimum absolute atomic E-state index is 1.25. The molecule has 1 aliphatic rings. The molecule has 0 N–H and O–H groups in total. The molecule has 0 saturated heterocycles. The summed E-state index contributed by atoms with van der Waals surface area (Å²) in [4.78, 5) is 0. The molecule has 0 saturated carbocycles. The lowest BCUT2D eigenvalue weighted by Crippen LogP contribution is -1.94. The summed E-state index contributed by atoms with van der Waals surface area (Å²) >= 11 is 1.93. The van der Waals surface area contributed by atoms with Crippen LogP contribution < -0.4 is 0 Å².